The molecular weight excluding hydrogens is 448 g/mol. The number of hydrogen-bond acceptors (Lipinski definition) is 6. The minimum atomic E-state index is -3.72. The number of aromatic nitrogens is 1. The summed E-state index contributed by atoms with van der Waals surface area (Å²) in [5.74, 6) is 1.41. The molecule has 1 aliphatic heterocycles. The third kappa shape index (κ3) is 3.78. The third-order valence-electron chi connectivity index (χ3n) is 4.25. The van der Waals surface area contributed by atoms with Crippen LogP contribution in [0.15, 0.2) is 62.5 Å². The molecule has 1 aromatic heterocycles. The first-order valence-corrected chi connectivity index (χ1v) is 10.7. The van der Waals surface area contributed by atoms with Gasteiger partial charge in [-0.25, -0.2) is 13.4 Å². The molecule has 1 aliphatic rings. The third-order valence-corrected chi connectivity index (χ3v) is 6.58. The van der Waals surface area contributed by atoms with Crippen molar-refractivity contribution in [1.29, 1.82) is 0 Å². The molecule has 0 spiro atoms. The van der Waals surface area contributed by atoms with Gasteiger partial charge in [0.1, 0.15) is 19.5 Å². The summed E-state index contributed by atoms with van der Waals surface area (Å²) in [5.41, 5.74) is 1.33. The topological polar surface area (TPSA) is 81.9 Å². The van der Waals surface area contributed by atoms with Crippen molar-refractivity contribution in [3.05, 3.63) is 58.9 Å². The molecule has 2 heterocycles. The van der Waals surface area contributed by atoms with Gasteiger partial charge >= 0.3 is 0 Å². The number of fused-ring (bicyclic) bond motifs is 1. The Bertz CT molecular complexity index is 1100. The monoisotopic (exact) mass is 464 g/mol. The van der Waals surface area contributed by atoms with Gasteiger partial charge in [-0.2, -0.15) is 4.31 Å². The van der Waals surface area contributed by atoms with Crippen molar-refractivity contribution >= 4 is 26.0 Å². The molecule has 0 saturated heterocycles. The zero-order valence-corrected chi connectivity index (χ0v) is 17.4. The minimum Gasteiger partial charge on any atom is -0.486 e. The molecule has 0 fully saturated rings. The van der Waals surface area contributed by atoms with Crippen LogP contribution in [0.25, 0.3) is 11.5 Å². The van der Waals surface area contributed by atoms with Crippen LogP contribution in [0.5, 0.6) is 11.5 Å². The maximum Gasteiger partial charge on any atom is 0.243 e. The first-order chi connectivity index (χ1) is 13.4. The second-order valence-corrected chi connectivity index (χ2v) is 9.18. The second kappa shape index (κ2) is 7.57. The average Bonchev–Trinajstić information content (AvgIpc) is 3.16. The lowest BCUT2D eigenvalue weighted by Gasteiger charge is -2.20. The zero-order valence-electron chi connectivity index (χ0n) is 15.0. The Morgan fingerprint density at radius 2 is 1.79 bits per heavy atom. The molecule has 0 bridgehead atoms. The van der Waals surface area contributed by atoms with Gasteiger partial charge in [0.25, 0.3) is 0 Å². The van der Waals surface area contributed by atoms with Crippen LogP contribution in [0.4, 0.5) is 0 Å². The van der Waals surface area contributed by atoms with Crippen LogP contribution in [0, 0.1) is 0 Å². The van der Waals surface area contributed by atoms with E-state index in [1.807, 2.05) is 24.3 Å². The Balaban J connectivity index is 1.53. The molecule has 0 saturated carbocycles. The Kier molecular flexibility index (Phi) is 5.13. The highest BCUT2D eigenvalue weighted by atomic mass is 79.9. The molecule has 7 nitrogen and oxygen atoms in total. The van der Waals surface area contributed by atoms with E-state index in [0.717, 1.165) is 10.0 Å². The number of hydrogen-bond donors (Lipinski definition) is 0. The summed E-state index contributed by atoms with van der Waals surface area (Å²) in [4.78, 5) is 4.53. The second-order valence-electron chi connectivity index (χ2n) is 6.22. The first-order valence-electron chi connectivity index (χ1n) is 8.50. The summed E-state index contributed by atoms with van der Waals surface area (Å²) in [7, 11) is -2.22. The molecule has 0 atom stereocenters. The number of ether oxygens (including phenoxy) is 2. The fourth-order valence-corrected chi connectivity index (χ4v) is 4.20. The van der Waals surface area contributed by atoms with Gasteiger partial charge in [-0.3, -0.25) is 0 Å². The van der Waals surface area contributed by atoms with Gasteiger partial charge in [0, 0.05) is 23.2 Å². The predicted octanol–water partition coefficient (Wildman–Crippen LogP) is 3.70. The van der Waals surface area contributed by atoms with Crippen LogP contribution in [0.1, 0.15) is 5.69 Å². The van der Waals surface area contributed by atoms with Crippen LogP contribution < -0.4 is 9.47 Å². The zero-order chi connectivity index (χ0) is 19.7. The van der Waals surface area contributed by atoms with Gasteiger partial charge in [0.05, 0.1) is 17.1 Å². The van der Waals surface area contributed by atoms with Gasteiger partial charge in [-0.1, -0.05) is 15.9 Å². The summed E-state index contributed by atoms with van der Waals surface area (Å²) < 4.78 is 44.4. The molecule has 4 rings (SSSR count). The lowest BCUT2D eigenvalue weighted by atomic mass is 10.2. The van der Waals surface area contributed by atoms with E-state index in [4.69, 9.17) is 13.9 Å². The highest BCUT2D eigenvalue weighted by Crippen LogP contribution is 2.33. The quantitative estimate of drug-likeness (QED) is 0.572. The van der Waals surface area contributed by atoms with E-state index in [9.17, 15) is 8.42 Å². The molecule has 0 N–H and O–H groups in total. The minimum absolute atomic E-state index is 0.0802. The van der Waals surface area contributed by atoms with Crippen molar-refractivity contribution in [3.8, 4) is 23.0 Å². The fraction of sp³-hybridized carbons (Fsp3) is 0.211. The highest BCUT2D eigenvalue weighted by Gasteiger charge is 2.25. The Morgan fingerprint density at radius 1 is 1.07 bits per heavy atom. The van der Waals surface area contributed by atoms with Crippen molar-refractivity contribution in [2.45, 2.75) is 11.4 Å². The normalized spacial score (nSPS) is 13.7. The van der Waals surface area contributed by atoms with Gasteiger partial charge in [-0.15, -0.1) is 0 Å². The molecule has 146 valence electrons. The molecular formula is C19H17BrN2O5S. The van der Waals surface area contributed by atoms with E-state index in [0.29, 0.717) is 36.3 Å². The maximum absolute atomic E-state index is 12.9. The van der Waals surface area contributed by atoms with Gasteiger partial charge < -0.3 is 13.9 Å². The highest BCUT2D eigenvalue weighted by molar-refractivity contribution is 9.10. The number of halogens is 1. The van der Waals surface area contributed by atoms with Crippen molar-refractivity contribution in [2.24, 2.45) is 0 Å². The van der Waals surface area contributed by atoms with E-state index in [1.165, 1.54) is 29.7 Å². The molecule has 3 aromatic rings. The van der Waals surface area contributed by atoms with E-state index in [1.54, 1.807) is 6.07 Å². The number of sulfonamides is 1. The number of oxazole rings is 1. The van der Waals surface area contributed by atoms with Crippen molar-refractivity contribution in [3.63, 3.8) is 0 Å². The number of nitrogens with zero attached hydrogens (tertiary/aromatic N) is 2. The van der Waals surface area contributed by atoms with Crippen LogP contribution in [0.3, 0.4) is 0 Å². The largest absolute Gasteiger partial charge is 0.486 e. The van der Waals surface area contributed by atoms with E-state index < -0.39 is 10.0 Å². The molecule has 0 amide bonds. The smallest absolute Gasteiger partial charge is 0.243 e. The molecule has 28 heavy (non-hydrogen) atoms. The van der Waals surface area contributed by atoms with Gasteiger partial charge in [0.2, 0.25) is 15.9 Å². The van der Waals surface area contributed by atoms with E-state index in [-0.39, 0.29) is 11.4 Å². The van der Waals surface area contributed by atoms with Crippen LogP contribution in [-0.4, -0.2) is 38.0 Å². The fourth-order valence-electron chi connectivity index (χ4n) is 2.78. The Hall–Kier alpha value is -2.36. The lowest BCUT2D eigenvalue weighted by Crippen LogP contribution is -2.27. The van der Waals surface area contributed by atoms with Gasteiger partial charge in [-0.05, 0) is 36.4 Å². The number of rotatable bonds is 5. The SMILES string of the molecule is CN(Cc1coc(-c2ccc(Br)cc2)n1)S(=O)(=O)c1ccc2c(c1)OCCO2. The lowest BCUT2D eigenvalue weighted by molar-refractivity contribution is 0.171. The summed E-state index contributed by atoms with van der Waals surface area (Å²) in [6.07, 6.45) is 1.47. The Morgan fingerprint density at radius 3 is 2.54 bits per heavy atom. The van der Waals surface area contributed by atoms with Crippen LogP contribution >= 0.6 is 15.9 Å². The summed E-state index contributed by atoms with van der Waals surface area (Å²) in [6.45, 7) is 0.923. The molecule has 9 heteroatoms. The van der Waals surface area contributed by atoms with E-state index in [2.05, 4.69) is 20.9 Å². The summed E-state index contributed by atoms with van der Waals surface area (Å²) in [5, 5.41) is 0. The Labute approximate surface area is 171 Å². The summed E-state index contributed by atoms with van der Waals surface area (Å²) >= 11 is 3.38. The van der Waals surface area contributed by atoms with Crippen molar-refractivity contribution in [1.82, 2.24) is 9.29 Å². The van der Waals surface area contributed by atoms with Gasteiger partial charge in [0.15, 0.2) is 11.5 Å². The first kappa shape index (κ1) is 19.0. The standard InChI is InChI=1S/C19H17BrN2O5S/c1-22(11-15-12-27-19(21-15)13-2-4-14(20)5-3-13)28(23,24)16-6-7-17-18(10-16)26-9-8-25-17/h2-7,10,12H,8-9,11H2,1H3. The van der Waals surface area contributed by atoms with E-state index >= 15 is 0 Å². The van der Waals surface area contributed by atoms with Crippen molar-refractivity contribution < 1.29 is 22.3 Å². The molecule has 0 radical (unpaired) electrons. The average molecular weight is 465 g/mol. The molecule has 0 aliphatic carbocycles. The predicted molar refractivity (Wildman–Crippen MR) is 106 cm³/mol. The summed E-state index contributed by atoms with van der Waals surface area (Å²) in [6, 6.07) is 12.1. The van der Waals surface area contributed by atoms with Crippen LogP contribution in [0.2, 0.25) is 0 Å². The van der Waals surface area contributed by atoms with Crippen molar-refractivity contribution in [2.75, 3.05) is 20.3 Å². The number of benzene rings is 2. The maximum atomic E-state index is 12.9. The van der Waals surface area contributed by atoms with Crippen LogP contribution in [-0.2, 0) is 16.6 Å². The molecule has 2 aromatic carbocycles. The molecule has 0 unspecified atom stereocenters.